The predicted octanol–water partition coefficient (Wildman–Crippen LogP) is 5.62. The number of hydrogen-bond acceptors (Lipinski definition) is 6. The number of rotatable bonds is 17. The van der Waals surface area contributed by atoms with Gasteiger partial charge in [-0.05, 0) is 22.3 Å². The number of ketones is 1. The van der Waals surface area contributed by atoms with Gasteiger partial charge < -0.3 is 23.8 Å². The lowest BCUT2D eigenvalue weighted by atomic mass is 10.0. The van der Waals surface area contributed by atoms with Crippen molar-refractivity contribution in [3.8, 4) is 0 Å². The van der Waals surface area contributed by atoms with E-state index in [4.69, 9.17) is 21.7 Å². The zero-order valence-electron chi connectivity index (χ0n) is 26.1. The fourth-order valence-corrected chi connectivity index (χ4v) is 4.40. The Labute approximate surface area is 256 Å². The van der Waals surface area contributed by atoms with Crippen molar-refractivity contribution < 1.29 is 31.3 Å². The number of carbonyl (C=O) groups excluding carboxylic acids is 2. The highest BCUT2D eigenvalue weighted by molar-refractivity contribution is 5.87. The van der Waals surface area contributed by atoms with E-state index in [1.165, 1.54) is 0 Å². The summed E-state index contributed by atoms with van der Waals surface area (Å²) in [5.41, 5.74) is 3.36. The van der Waals surface area contributed by atoms with Crippen molar-refractivity contribution >= 4 is 11.7 Å². The summed E-state index contributed by atoms with van der Waals surface area (Å²) < 4.78 is 40.5. The van der Waals surface area contributed by atoms with Crippen LogP contribution in [-0.2, 0) is 55.0 Å². The fourth-order valence-electron chi connectivity index (χ4n) is 4.40. The van der Waals surface area contributed by atoms with Crippen molar-refractivity contribution in [3.63, 3.8) is 0 Å². The number of nitrogens with zero attached hydrogens (tertiary/aromatic N) is 1. The van der Waals surface area contributed by atoms with Gasteiger partial charge in [0.05, 0.1) is 26.4 Å². The maximum absolute atomic E-state index is 13.9. The van der Waals surface area contributed by atoms with E-state index >= 15 is 0 Å². The van der Waals surface area contributed by atoms with Gasteiger partial charge in [0, 0.05) is 16.8 Å². The lowest BCUT2D eigenvalue weighted by Crippen LogP contribution is -2.53. The Morgan fingerprint density at radius 1 is 0.581 bits per heavy atom. The summed E-state index contributed by atoms with van der Waals surface area (Å²) in [6.07, 6.45) is -3.85. The van der Waals surface area contributed by atoms with E-state index in [-0.39, 0.29) is 33.0 Å². The molecule has 224 valence electrons. The molecule has 43 heavy (non-hydrogen) atoms. The van der Waals surface area contributed by atoms with E-state index < -0.39 is 44.0 Å². The number of carbonyl (C=O) groups is 2. The van der Waals surface area contributed by atoms with Crippen LogP contribution in [0.5, 0.6) is 0 Å². The molecule has 3 atom stereocenters. The third-order valence-corrected chi connectivity index (χ3v) is 6.66. The molecular weight excluding hydrogens is 542 g/mol. The van der Waals surface area contributed by atoms with Crippen LogP contribution in [0.25, 0.3) is 0 Å². The van der Waals surface area contributed by atoms with E-state index in [0.29, 0.717) is 0 Å². The van der Waals surface area contributed by atoms with Crippen molar-refractivity contribution in [3.05, 3.63) is 144 Å². The van der Waals surface area contributed by atoms with E-state index in [9.17, 15) is 9.59 Å². The van der Waals surface area contributed by atoms with E-state index in [0.717, 1.165) is 27.2 Å². The van der Waals surface area contributed by atoms with Crippen LogP contribution in [0, 0.1) is 0 Å². The summed E-state index contributed by atoms with van der Waals surface area (Å²) >= 11 is 0. The summed E-state index contributed by atoms with van der Waals surface area (Å²) in [5.74, 6) is -1.07. The van der Waals surface area contributed by atoms with Gasteiger partial charge in [0.2, 0.25) is 0 Å². The van der Waals surface area contributed by atoms with Gasteiger partial charge >= 0.3 is 0 Å². The molecule has 4 aromatic rings. The minimum atomic E-state index is -1.36. The number of Topliss-reactive ketones (excluding diaryl/α,β-unsaturated/α-hetero) is 1. The molecule has 0 fully saturated rings. The average molecular weight is 584 g/mol. The molecule has 0 saturated heterocycles. The lowest BCUT2D eigenvalue weighted by Gasteiger charge is -2.33. The van der Waals surface area contributed by atoms with E-state index in [1.54, 1.807) is 0 Å². The van der Waals surface area contributed by atoms with Crippen LogP contribution < -0.4 is 0 Å². The van der Waals surface area contributed by atoms with Crippen LogP contribution in [0.1, 0.15) is 25.0 Å². The smallest absolute Gasteiger partial charge is 0.254 e. The fraction of sp³-hybridized carbons (Fsp3) is 0.278. The summed E-state index contributed by atoms with van der Waals surface area (Å²) in [4.78, 5) is 28.8. The van der Waals surface area contributed by atoms with Crippen molar-refractivity contribution in [2.24, 2.45) is 0 Å². The number of benzene rings is 4. The van der Waals surface area contributed by atoms with Crippen molar-refractivity contribution in [1.82, 2.24) is 4.90 Å². The molecule has 0 saturated carbocycles. The van der Waals surface area contributed by atoms with Gasteiger partial charge in [-0.15, -0.1) is 0 Å². The second-order valence-corrected chi connectivity index (χ2v) is 10.0. The van der Waals surface area contributed by atoms with E-state index in [2.05, 4.69) is 0 Å². The van der Waals surface area contributed by atoms with Crippen LogP contribution in [0.2, 0.25) is 0 Å². The highest BCUT2D eigenvalue weighted by Gasteiger charge is 2.41. The van der Waals surface area contributed by atoms with Crippen LogP contribution in [0.4, 0.5) is 0 Å². The zero-order chi connectivity index (χ0) is 31.7. The van der Waals surface area contributed by atoms with E-state index in [1.807, 2.05) is 121 Å². The third kappa shape index (κ3) is 10.3. The molecule has 4 aromatic carbocycles. The minimum Gasteiger partial charge on any atom is -0.369 e. The Morgan fingerprint density at radius 2 is 0.977 bits per heavy atom. The van der Waals surface area contributed by atoms with Crippen molar-refractivity contribution in [1.29, 1.82) is 0 Å². The molecule has 0 spiro atoms. The van der Waals surface area contributed by atoms with Gasteiger partial charge in [0.15, 0.2) is 11.9 Å². The molecule has 0 N–H and O–H groups in total. The van der Waals surface area contributed by atoms with Gasteiger partial charge in [-0.3, -0.25) is 9.59 Å². The first-order chi connectivity index (χ1) is 22.1. The van der Waals surface area contributed by atoms with Gasteiger partial charge in [-0.25, -0.2) is 0 Å². The quantitative estimate of drug-likeness (QED) is 0.161. The normalized spacial score (nSPS) is 13.8. The third-order valence-electron chi connectivity index (χ3n) is 6.66. The van der Waals surface area contributed by atoms with Crippen molar-refractivity contribution in [2.45, 2.75) is 44.7 Å². The molecule has 7 nitrogen and oxygen atoms in total. The topological polar surface area (TPSA) is 74.3 Å². The molecule has 4 rings (SSSR count). The second kappa shape index (κ2) is 17.1. The predicted molar refractivity (Wildman–Crippen MR) is 165 cm³/mol. The molecule has 1 amide bonds. The molecular formula is C36H39NO6. The van der Waals surface area contributed by atoms with Crippen LogP contribution in [0.3, 0.4) is 0 Å². The first kappa shape index (κ1) is 29.0. The standard InChI is InChI=1S/C36H39NO6/c1-37(2)36(39)35(43-26-31-21-13-6-14-22-31)34(42-25-30-19-11-5-12-20-30)33(41-24-29-17-9-4-10-18-29)32(38)27-40-23-28-15-7-3-8-16-28/h3-22,33-35H,23-27H2,1-2H3/t33-,34+,35-/m1/s1/i1D,2D. The van der Waals surface area contributed by atoms with Crippen LogP contribution in [0.15, 0.2) is 121 Å². The van der Waals surface area contributed by atoms with Gasteiger partial charge in [0.25, 0.3) is 5.91 Å². The maximum Gasteiger partial charge on any atom is 0.254 e. The SMILES string of the molecule is [2H]CN(C[2H])C(=O)[C@H](OCc1ccccc1)[C@@H](OCc1ccccc1)[C@H](OCc1ccccc1)C(=O)COCc1ccccc1. The number of likely N-dealkylation sites (N-methyl/N-ethyl adjacent to an activating group) is 1. The summed E-state index contributed by atoms with van der Waals surface area (Å²) in [6.45, 7) is 0.0956. The van der Waals surface area contributed by atoms with Crippen molar-refractivity contribution in [2.75, 3.05) is 20.7 Å². The Bertz CT molecular complexity index is 1410. The molecule has 0 heterocycles. The Balaban J connectivity index is 1.66. The van der Waals surface area contributed by atoms with Gasteiger partial charge in [-0.2, -0.15) is 0 Å². The summed E-state index contributed by atoms with van der Waals surface area (Å²) in [5, 5.41) is 0. The highest BCUT2D eigenvalue weighted by atomic mass is 16.6. The van der Waals surface area contributed by atoms with Gasteiger partial charge in [0.1, 0.15) is 18.8 Å². The Morgan fingerprint density at radius 3 is 1.42 bits per heavy atom. The largest absolute Gasteiger partial charge is 0.369 e. The molecule has 0 radical (unpaired) electrons. The molecule has 0 unspecified atom stereocenters. The average Bonchev–Trinajstić information content (AvgIpc) is 3.09. The first-order valence-electron chi connectivity index (χ1n) is 15.5. The number of ether oxygens (including phenoxy) is 4. The molecule has 0 aliphatic carbocycles. The van der Waals surface area contributed by atoms with Gasteiger partial charge in [-0.1, -0.05) is 121 Å². The second-order valence-electron chi connectivity index (χ2n) is 10.0. The molecule has 7 heteroatoms. The van der Waals surface area contributed by atoms with Crippen LogP contribution >= 0.6 is 0 Å². The first-order valence-corrected chi connectivity index (χ1v) is 14.1. The maximum atomic E-state index is 13.9. The highest BCUT2D eigenvalue weighted by Crippen LogP contribution is 2.21. The molecule has 0 aliphatic rings. The Hall–Kier alpha value is -4.14. The summed E-state index contributed by atoms with van der Waals surface area (Å²) in [7, 11) is -0.911. The molecule has 0 aromatic heterocycles. The zero-order valence-corrected chi connectivity index (χ0v) is 24.1. The summed E-state index contributed by atoms with van der Waals surface area (Å²) in [6, 6.07) is 37.6. The molecule has 0 aliphatic heterocycles. The lowest BCUT2D eigenvalue weighted by molar-refractivity contribution is -0.180. The number of hydrogen-bond donors (Lipinski definition) is 0. The minimum absolute atomic E-state index is 0.0381. The van der Waals surface area contributed by atoms with Crippen LogP contribution in [-0.4, -0.2) is 55.6 Å². The monoisotopic (exact) mass is 583 g/mol. The molecule has 0 bridgehead atoms. The number of amides is 1. The Kier molecular flexibility index (Phi) is 11.5.